The quantitative estimate of drug-likeness (QED) is 0.281. The first kappa shape index (κ1) is 28.7. The zero-order chi connectivity index (χ0) is 27.3. The van der Waals surface area contributed by atoms with Crippen LogP contribution in [0, 0.1) is 26.7 Å². The molecule has 0 bridgehead atoms. The van der Waals surface area contributed by atoms with E-state index in [1.165, 1.54) is 6.08 Å². The smallest absolute Gasteiger partial charge is 0.323 e. The fourth-order valence-corrected chi connectivity index (χ4v) is 4.59. The molecule has 1 aliphatic carbocycles. The third-order valence-corrected chi connectivity index (χ3v) is 7.00. The van der Waals surface area contributed by atoms with Gasteiger partial charge in [0.2, 0.25) is 5.91 Å². The molecule has 1 aliphatic heterocycles. The van der Waals surface area contributed by atoms with Crippen LogP contribution in [0.3, 0.4) is 0 Å². The number of carbonyl (C=O) groups is 2. The third kappa shape index (κ3) is 7.13. The van der Waals surface area contributed by atoms with Gasteiger partial charge >= 0.3 is 5.97 Å². The number of hydrogen-bond donors (Lipinski definition) is 5. The Hall–Kier alpha value is -2.86. The van der Waals surface area contributed by atoms with Gasteiger partial charge in [-0.15, -0.1) is 0 Å². The van der Waals surface area contributed by atoms with Crippen LogP contribution in [-0.4, -0.2) is 84.7 Å². The molecular formula is C26H38N4O7. The van der Waals surface area contributed by atoms with E-state index in [4.69, 9.17) is 4.74 Å². The van der Waals surface area contributed by atoms with Crippen molar-refractivity contribution < 1.29 is 34.8 Å². The van der Waals surface area contributed by atoms with E-state index in [9.17, 15) is 30.0 Å². The number of nitrogens with zero attached hydrogens (tertiary/aromatic N) is 3. The van der Waals surface area contributed by atoms with Crippen molar-refractivity contribution in [2.45, 2.75) is 84.4 Å². The molecule has 1 aromatic heterocycles. The standard InChI is InChI=1S/C26H38N4O7/c1-14-15(2)28-20(16(3)27-14)13-37-26(36)21-6-5-9-30(21)25(35)17(4)29-24(34)19(12-31)10-18-7-8-22(32)23(33)11-18/h7,11,17,19,21-22,25,31-33,35H,5-6,8-10,12-13H2,1-4H3,(H,29,34)/t17-,19?,21?,22?,25?/m0/s1. The maximum atomic E-state index is 12.9. The van der Waals surface area contributed by atoms with Crippen LogP contribution in [0.2, 0.25) is 0 Å². The number of nitrogens with one attached hydrogen (secondary N) is 1. The van der Waals surface area contributed by atoms with Crippen LogP contribution in [0.5, 0.6) is 0 Å². The summed E-state index contributed by atoms with van der Waals surface area (Å²) in [5.41, 5.74) is 3.51. The normalized spacial score (nSPS) is 22.6. The Kier molecular flexibility index (Phi) is 9.77. The van der Waals surface area contributed by atoms with Crippen LogP contribution in [-0.2, 0) is 20.9 Å². The van der Waals surface area contributed by atoms with E-state index in [-0.39, 0.29) is 25.2 Å². The van der Waals surface area contributed by atoms with Crippen LogP contribution < -0.4 is 5.32 Å². The van der Waals surface area contributed by atoms with E-state index >= 15 is 0 Å². The van der Waals surface area contributed by atoms with Gasteiger partial charge in [-0.2, -0.15) is 0 Å². The SMILES string of the molecule is Cc1nc(C)c(COC(=O)C2CCCN2C(O)[C@H](C)NC(=O)C(CO)CC2=CCC(O)C(O)=C2)nc1C. The number of carbonyl (C=O) groups excluding carboxylic acids is 2. The predicted molar refractivity (Wildman–Crippen MR) is 134 cm³/mol. The molecular weight excluding hydrogens is 480 g/mol. The maximum Gasteiger partial charge on any atom is 0.323 e. The Bertz CT molecular complexity index is 1060. The molecule has 4 unspecified atom stereocenters. The molecule has 2 heterocycles. The number of ether oxygens (including phenoxy) is 1. The number of rotatable bonds is 10. The van der Waals surface area contributed by atoms with E-state index in [1.807, 2.05) is 20.8 Å². The van der Waals surface area contributed by atoms with Crippen LogP contribution in [0.25, 0.3) is 0 Å². The summed E-state index contributed by atoms with van der Waals surface area (Å²) in [5, 5.41) is 42.8. The first-order valence-electron chi connectivity index (χ1n) is 12.6. The summed E-state index contributed by atoms with van der Waals surface area (Å²) < 4.78 is 5.52. The average Bonchev–Trinajstić information content (AvgIpc) is 3.35. The van der Waals surface area contributed by atoms with Gasteiger partial charge in [0, 0.05) is 6.54 Å². The Labute approximate surface area is 216 Å². The lowest BCUT2D eigenvalue weighted by Crippen LogP contribution is -2.54. The van der Waals surface area contributed by atoms with Gasteiger partial charge in [-0.25, -0.2) is 0 Å². The molecule has 11 nitrogen and oxygen atoms in total. The largest absolute Gasteiger partial charge is 0.510 e. The minimum Gasteiger partial charge on any atom is -0.510 e. The number of allylic oxidation sites excluding steroid dienone is 2. The van der Waals surface area contributed by atoms with Crippen LogP contribution in [0.1, 0.15) is 55.4 Å². The number of aliphatic hydroxyl groups is 4. The zero-order valence-electron chi connectivity index (χ0n) is 21.8. The highest BCUT2D eigenvalue weighted by Gasteiger charge is 2.38. The first-order chi connectivity index (χ1) is 17.5. The van der Waals surface area contributed by atoms with Crippen molar-refractivity contribution >= 4 is 11.9 Å². The topological polar surface area (TPSA) is 165 Å². The summed E-state index contributed by atoms with van der Waals surface area (Å²) in [6, 6.07) is -1.39. The fourth-order valence-electron chi connectivity index (χ4n) is 4.59. The van der Waals surface area contributed by atoms with Crippen molar-refractivity contribution in [3.8, 4) is 0 Å². The Morgan fingerprint density at radius 2 is 1.92 bits per heavy atom. The molecule has 11 heteroatoms. The van der Waals surface area contributed by atoms with Crippen molar-refractivity contribution in [3.63, 3.8) is 0 Å². The molecule has 1 amide bonds. The monoisotopic (exact) mass is 518 g/mol. The molecule has 1 aromatic rings. The number of esters is 1. The summed E-state index contributed by atoms with van der Waals surface area (Å²) in [6.45, 7) is 7.18. The lowest BCUT2D eigenvalue weighted by Gasteiger charge is -2.33. The van der Waals surface area contributed by atoms with Gasteiger partial charge in [0.15, 0.2) is 0 Å². The molecule has 1 fully saturated rings. The minimum absolute atomic E-state index is 0.0133. The van der Waals surface area contributed by atoms with Gasteiger partial charge in [0.25, 0.3) is 0 Å². The second-order valence-corrected chi connectivity index (χ2v) is 9.82. The second kappa shape index (κ2) is 12.6. The summed E-state index contributed by atoms with van der Waals surface area (Å²) in [5.74, 6) is -1.91. The maximum absolute atomic E-state index is 12.9. The van der Waals surface area contributed by atoms with Crippen molar-refractivity contribution in [3.05, 3.63) is 46.3 Å². The van der Waals surface area contributed by atoms with E-state index in [1.54, 1.807) is 17.9 Å². The van der Waals surface area contributed by atoms with Gasteiger partial charge in [-0.05, 0) is 65.0 Å². The van der Waals surface area contributed by atoms with Crippen molar-refractivity contribution in [2.75, 3.05) is 13.2 Å². The summed E-state index contributed by atoms with van der Waals surface area (Å²) in [4.78, 5) is 36.2. The zero-order valence-corrected chi connectivity index (χ0v) is 21.8. The molecule has 37 heavy (non-hydrogen) atoms. The molecule has 0 saturated carbocycles. The number of aromatic nitrogens is 2. The minimum atomic E-state index is -1.14. The summed E-state index contributed by atoms with van der Waals surface area (Å²) in [6.07, 6.45) is 2.62. The van der Waals surface area contributed by atoms with Gasteiger partial charge in [0.05, 0.1) is 41.3 Å². The molecule has 2 aliphatic rings. The molecule has 5 N–H and O–H groups in total. The van der Waals surface area contributed by atoms with Gasteiger partial charge in [0.1, 0.15) is 30.7 Å². The molecule has 5 atom stereocenters. The average molecular weight is 519 g/mol. The molecule has 204 valence electrons. The van der Waals surface area contributed by atoms with Gasteiger partial charge in [-0.1, -0.05) is 6.08 Å². The van der Waals surface area contributed by atoms with E-state index in [0.717, 1.165) is 11.4 Å². The Morgan fingerprint density at radius 1 is 1.22 bits per heavy atom. The third-order valence-electron chi connectivity index (χ3n) is 7.00. The highest BCUT2D eigenvalue weighted by Crippen LogP contribution is 2.24. The van der Waals surface area contributed by atoms with E-state index in [2.05, 4.69) is 15.3 Å². The van der Waals surface area contributed by atoms with Crippen molar-refractivity contribution in [1.82, 2.24) is 20.2 Å². The van der Waals surface area contributed by atoms with E-state index in [0.29, 0.717) is 36.3 Å². The number of aliphatic hydroxyl groups excluding tert-OH is 4. The molecule has 3 rings (SSSR count). The van der Waals surface area contributed by atoms with Crippen molar-refractivity contribution in [2.24, 2.45) is 5.92 Å². The fraction of sp³-hybridized carbons (Fsp3) is 0.615. The van der Waals surface area contributed by atoms with Crippen molar-refractivity contribution in [1.29, 1.82) is 0 Å². The first-order valence-corrected chi connectivity index (χ1v) is 12.6. The number of aryl methyl sites for hydroxylation is 3. The predicted octanol–water partition coefficient (Wildman–Crippen LogP) is 0.864. The molecule has 0 radical (unpaired) electrons. The lowest BCUT2D eigenvalue weighted by atomic mass is 9.93. The molecule has 0 spiro atoms. The molecule has 0 aromatic carbocycles. The summed E-state index contributed by atoms with van der Waals surface area (Å²) >= 11 is 0. The number of amides is 1. The number of hydrogen-bond acceptors (Lipinski definition) is 10. The van der Waals surface area contributed by atoms with E-state index < -0.39 is 48.8 Å². The van der Waals surface area contributed by atoms with Crippen LogP contribution >= 0.6 is 0 Å². The highest BCUT2D eigenvalue weighted by atomic mass is 16.5. The number of likely N-dealkylation sites (tertiary alicyclic amines) is 1. The summed E-state index contributed by atoms with van der Waals surface area (Å²) in [7, 11) is 0. The highest BCUT2D eigenvalue weighted by molar-refractivity contribution is 5.79. The second-order valence-electron chi connectivity index (χ2n) is 9.82. The Balaban J connectivity index is 1.56. The van der Waals surface area contributed by atoms with Crippen LogP contribution in [0.15, 0.2) is 23.5 Å². The van der Waals surface area contributed by atoms with Crippen LogP contribution in [0.4, 0.5) is 0 Å². The Morgan fingerprint density at radius 3 is 2.59 bits per heavy atom. The lowest BCUT2D eigenvalue weighted by molar-refractivity contribution is -0.155. The van der Waals surface area contributed by atoms with Gasteiger partial charge < -0.3 is 30.5 Å². The van der Waals surface area contributed by atoms with Gasteiger partial charge in [-0.3, -0.25) is 24.5 Å². The molecule has 1 saturated heterocycles.